The monoisotopic (exact) mass is 410 g/mol. The molecule has 7 heteroatoms. The Morgan fingerprint density at radius 2 is 2.07 bits per heavy atom. The molecule has 2 aromatic heterocycles. The predicted octanol–water partition coefficient (Wildman–Crippen LogP) is 3.68. The maximum absolute atomic E-state index is 13.0. The molecule has 0 radical (unpaired) electrons. The van der Waals surface area contributed by atoms with Crippen LogP contribution in [0.25, 0.3) is 11.1 Å². The molecule has 0 spiro atoms. The van der Waals surface area contributed by atoms with Gasteiger partial charge in [-0.15, -0.1) is 11.3 Å². The highest BCUT2D eigenvalue weighted by Crippen LogP contribution is 2.34. The molecule has 3 aromatic rings. The van der Waals surface area contributed by atoms with Crippen molar-refractivity contribution in [2.75, 3.05) is 44.2 Å². The van der Waals surface area contributed by atoms with Crippen LogP contribution < -0.4 is 4.90 Å². The molecule has 6 nitrogen and oxygen atoms in total. The quantitative estimate of drug-likeness (QED) is 0.657. The lowest BCUT2D eigenvalue weighted by Crippen LogP contribution is -2.50. The van der Waals surface area contributed by atoms with Crippen LogP contribution in [0.15, 0.2) is 40.1 Å². The summed E-state index contributed by atoms with van der Waals surface area (Å²) in [6, 6.07) is 11.3. The third kappa shape index (κ3) is 3.76. The fraction of sp³-hybridized carbons (Fsp3) is 0.455. The number of anilines is 1. The van der Waals surface area contributed by atoms with Crippen molar-refractivity contribution in [3.63, 3.8) is 0 Å². The maximum atomic E-state index is 13.0. The molecule has 4 heterocycles. The Morgan fingerprint density at radius 1 is 1.21 bits per heavy atom. The second kappa shape index (κ2) is 7.80. The zero-order chi connectivity index (χ0) is 19.8. The molecular weight excluding hydrogens is 384 g/mol. The first kappa shape index (κ1) is 18.6. The molecule has 2 aliphatic heterocycles. The molecule has 1 atom stereocenters. The molecule has 2 fully saturated rings. The first-order valence-electron chi connectivity index (χ1n) is 10.3. The molecule has 1 aromatic carbocycles. The van der Waals surface area contributed by atoms with Gasteiger partial charge >= 0.3 is 0 Å². The van der Waals surface area contributed by atoms with Crippen molar-refractivity contribution in [1.82, 2.24) is 14.8 Å². The minimum absolute atomic E-state index is 0.256. The van der Waals surface area contributed by atoms with Crippen LogP contribution >= 0.6 is 11.3 Å². The van der Waals surface area contributed by atoms with Gasteiger partial charge in [-0.1, -0.05) is 12.1 Å². The number of fused-ring (bicyclic) bond motifs is 1. The summed E-state index contributed by atoms with van der Waals surface area (Å²) in [7, 11) is 0. The lowest BCUT2D eigenvalue weighted by atomic mass is 10.2. The number of thiophene rings is 1. The summed E-state index contributed by atoms with van der Waals surface area (Å²) in [5.41, 5.74) is 2.92. The van der Waals surface area contributed by atoms with E-state index in [-0.39, 0.29) is 11.9 Å². The molecule has 0 N–H and O–H groups in total. The van der Waals surface area contributed by atoms with E-state index in [1.807, 2.05) is 12.1 Å². The van der Waals surface area contributed by atoms with Crippen molar-refractivity contribution < 1.29 is 9.21 Å². The van der Waals surface area contributed by atoms with E-state index in [9.17, 15) is 4.79 Å². The Morgan fingerprint density at radius 3 is 2.86 bits per heavy atom. The van der Waals surface area contributed by atoms with Crippen molar-refractivity contribution >= 4 is 34.4 Å². The molecule has 2 saturated heterocycles. The van der Waals surface area contributed by atoms with Crippen LogP contribution in [0.4, 0.5) is 6.01 Å². The third-order valence-corrected chi connectivity index (χ3v) is 6.95. The number of benzene rings is 1. The minimum atomic E-state index is 0.256. The summed E-state index contributed by atoms with van der Waals surface area (Å²) < 4.78 is 5.94. The van der Waals surface area contributed by atoms with E-state index in [1.165, 1.54) is 10.4 Å². The van der Waals surface area contributed by atoms with Crippen LogP contribution in [0.3, 0.4) is 0 Å². The highest BCUT2D eigenvalue weighted by atomic mass is 32.1. The van der Waals surface area contributed by atoms with E-state index in [0.717, 1.165) is 56.7 Å². The highest BCUT2D eigenvalue weighted by Gasteiger charge is 2.32. The molecule has 2 aliphatic rings. The lowest BCUT2D eigenvalue weighted by Gasteiger charge is -2.34. The van der Waals surface area contributed by atoms with Crippen molar-refractivity contribution in [2.45, 2.75) is 25.8 Å². The van der Waals surface area contributed by atoms with Crippen LogP contribution in [0.1, 0.15) is 29.3 Å². The molecule has 1 unspecified atom stereocenters. The summed E-state index contributed by atoms with van der Waals surface area (Å²) in [6.07, 6.45) is 2.18. The van der Waals surface area contributed by atoms with Crippen LogP contribution in [0.2, 0.25) is 0 Å². The first-order chi connectivity index (χ1) is 14.2. The van der Waals surface area contributed by atoms with Crippen molar-refractivity contribution in [1.29, 1.82) is 0 Å². The van der Waals surface area contributed by atoms with E-state index in [0.29, 0.717) is 12.6 Å². The molecule has 1 amide bonds. The number of piperazine rings is 1. The molecule has 152 valence electrons. The molecule has 0 saturated carbocycles. The molecule has 5 rings (SSSR count). The van der Waals surface area contributed by atoms with Crippen molar-refractivity contribution in [3.8, 4) is 0 Å². The van der Waals surface area contributed by atoms with E-state index in [4.69, 9.17) is 4.42 Å². The van der Waals surface area contributed by atoms with Gasteiger partial charge in [-0.25, -0.2) is 0 Å². The van der Waals surface area contributed by atoms with Crippen molar-refractivity contribution in [2.24, 2.45) is 0 Å². The topological polar surface area (TPSA) is 52.8 Å². The number of hydrogen-bond acceptors (Lipinski definition) is 6. The van der Waals surface area contributed by atoms with Crippen molar-refractivity contribution in [3.05, 3.63) is 46.2 Å². The number of aryl methyl sites for hydroxylation is 1. The van der Waals surface area contributed by atoms with E-state index in [1.54, 1.807) is 11.3 Å². The van der Waals surface area contributed by atoms with Gasteiger partial charge in [0.05, 0.1) is 12.6 Å². The Balaban J connectivity index is 1.19. The average Bonchev–Trinajstić information content (AvgIpc) is 3.47. The van der Waals surface area contributed by atoms with Gasteiger partial charge in [0.1, 0.15) is 5.52 Å². The first-order valence-corrected chi connectivity index (χ1v) is 11.2. The van der Waals surface area contributed by atoms with Gasteiger partial charge in [0.15, 0.2) is 5.58 Å². The fourth-order valence-electron chi connectivity index (χ4n) is 4.38. The van der Waals surface area contributed by atoms with Gasteiger partial charge in [-0.05, 0) is 48.9 Å². The van der Waals surface area contributed by atoms with E-state index in [2.05, 4.69) is 50.2 Å². The summed E-state index contributed by atoms with van der Waals surface area (Å²) in [5.74, 6) is 0.256. The Bertz CT molecular complexity index is 992. The van der Waals surface area contributed by atoms with E-state index >= 15 is 0 Å². The zero-order valence-electron chi connectivity index (χ0n) is 16.7. The molecule has 0 bridgehead atoms. The van der Waals surface area contributed by atoms with E-state index < -0.39 is 0 Å². The van der Waals surface area contributed by atoms with Crippen LogP contribution in [0, 0.1) is 6.92 Å². The van der Waals surface area contributed by atoms with Crippen LogP contribution in [-0.4, -0.2) is 60.0 Å². The van der Waals surface area contributed by atoms with Crippen LogP contribution in [0.5, 0.6) is 0 Å². The standard InChI is InChI=1S/C22H26N4O2S/c1-16-6-7-19-17(14-16)23-22(28-19)25-11-9-24(10-12-25)15-21(27)26-8-2-4-18(26)20-5-3-13-29-20/h3,5-7,13-14,18H,2,4,8-12,15H2,1H3. The summed E-state index contributed by atoms with van der Waals surface area (Å²) >= 11 is 1.76. The number of carbonyl (C=O) groups is 1. The number of nitrogens with zero attached hydrogens (tertiary/aromatic N) is 4. The molecule has 29 heavy (non-hydrogen) atoms. The maximum Gasteiger partial charge on any atom is 0.298 e. The van der Waals surface area contributed by atoms with Gasteiger partial charge in [-0.3, -0.25) is 9.69 Å². The van der Waals surface area contributed by atoms with Gasteiger partial charge in [0, 0.05) is 37.6 Å². The smallest absolute Gasteiger partial charge is 0.298 e. The fourth-order valence-corrected chi connectivity index (χ4v) is 5.26. The highest BCUT2D eigenvalue weighted by molar-refractivity contribution is 7.10. The SMILES string of the molecule is Cc1ccc2oc(N3CCN(CC(=O)N4CCCC4c4cccs4)CC3)nc2c1. The predicted molar refractivity (Wildman–Crippen MR) is 115 cm³/mol. The van der Waals surface area contributed by atoms with Gasteiger partial charge in [0.25, 0.3) is 6.01 Å². The minimum Gasteiger partial charge on any atom is -0.423 e. The number of carbonyl (C=O) groups excluding carboxylic acids is 1. The molecular formula is C22H26N4O2S. The number of oxazole rings is 1. The summed E-state index contributed by atoms with van der Waals surface area (Å²) in [6.45, 7) is 6.79. The number of amides is 1. The van der Waals surface area contributed by atoms with Gasteiger partial charge < -0.3 is 14.2 Å². The Labute approximate surface area is 174 Å². The molecule has 0 aliphatic carbocycles. The zero-order valence-corrected chi connectivity index (χ0v) is 17.5. The van der Waals surface area contributed by atoms with Gasteiger partial charge in [-0.2, -0.15) is 4.98 Å². The number of aromatic nitrogens is 1. The number of rotatable bonds is 4. The lowest BCUT2D eigenvalue weighted by molar-refractivity contribution is -0.133. The largest absolute Gasteiger partial charge is 0.423 e. The van der Waals surface area contributed by atoms with Gasteiger partial charge in [0.2, 0.25) is 5.91 Å². The Hall–Kier alpha value is -2.38. The summed E-state index contributed by atoms with van der Waals surface area (Å²) in [4.78, 5) is 25.5. The summed E-state index contributed by atoms with van der Waals surface area (Å²) in [5, 5.41) is 2.10. The average molecular weight is 411 g/mol. The normalized spacial score (nSPS) is 20.7. The number of likely N-dealkylation sites (tertiary alicyclic amines) is 1. The Kier molecular flexibility index (Phi) is 5.01. The van der Waals surface area contributed by atoms with Crippen LogP contribution in [-0.2, 0) is 4.79 Å². The number of hydrogen-bond donors (Lipinski definition) is 0. The second-order valence-electron chi connectivity index (χ2n) is 7.99. The second-order valence-corrected chi connectivity index (χ2v) is 8.97. The third-order valence-electron chi connectivity index (χ3n) is 5.98.